The van der Waals surface area contributed by atoms with E-state index >= 15 is 0 Å². The van der Waals surface area contributed by atoms with Crippen molar-refractivity contribution >= 4 is 35.1 Å². The molecule has 0 aliphatic heterocycles. The van der Waals surface area contributed by atoms with Crippen molar-refractivity contribution < 1.29 is 18.7 Å². The fourth-order valence-electron chi connectivity index (χ4n) is 1.87. The predicted octanol–water partition coefficient (Wildman–Crippen LogP) is 4.10. The van der Waals surface area contributed by atoms with E-state index in [1.807, 2.05) is 0 Å². The van der Waals surface area contributed by atoms with Crippen molar-refractivity contribution in [1.29, 1.82) is 0 Å². The van der Waals surface area contributed by atoms with Crippen LogP contribution in [0.4, 0.5) is 0 Å². The average Bonchev–Trinajstić information content (AvgIpc) is 3.04. The van der Waals surface area contributed by atoms with Crippen molar-refractivity contribution in [2.24, 2.45) is 0 Å². The summed E-state index contributed by atoms with van der Waals surface area (Å²) in [5.41, 5.74) is 0.556. The van der Waals surface area contributed by atoms with E-state index < -0.39 is 18.0 Å². The van der Waals surface area contributed by atoms with Crippen LogP contribution in [0.2, 0.25) is 10.0 Å². The van der Waals surface area contributed by atoms with Gasteiger partial charge in [0.2, 0.25) is 5.76 Å². The van der Waals surface area contributed by atoms with E-state index in [-0.39, 0.29) is 5.76 Å². The number of nitrogens with one attached hydrogen (secondary N) is 1. The Morgan fingerprint density at radius 1 is 1.33 bits per heavy atom. The van der Waals surface area contributed by atoms with E-state index in [4.69, 9.17) is 32.4 Å². The second kappa shape index (κ2) is 8.04. The summed E-state index contributed by atoms with van der Waals surface area (Å²) in [4.78, 5) is 23.7. The fraction of sp³-hybridized carbons (Fsp3) is 0.176. The Kier molecular flexibility index (Phi) is 6.06. The van der Waals surface area contributed by atoms with Crippen LogP contribution in [0, 0.1) is 0 Å². The molecule has 7 heteroatoms. The van der Waals surface area contributed by atoms with Gasteiger partial charge in [0.05, 0.1) is 5.02 Å². The summed E-state index contributed by atoms with van der Waals surface area (Å²) >= 11 is 12.0. The molecule has 1 aromatic heterocycles. The first-order chi connectivity index (χ1) is 11.4. The topological polar surface area (TPSA) is 68.5 Å². The molecule has 1 N–H and O–H groups in total. The minimum atomic E-state index is -0.958. The summed E-state index contributed by atoms with van der Waals surface area (Å²) in [6, 6.07) is 7.93. The third-order valence-corrected chi connectivity index (χ3v) is 3.64. The van der Waals surface area contributed by atoms with Crippen molar-refractivity contribution in [2.45, 2.75) is 13.0 Å². The third-order valence-electron chi connectivity index (χ3n) is 3.07. The Morgan fingerprint density at radius 2 is 2.08 bits per heavy atom. The standard InChI is InChI=1S/C17H15Cl2NO4/c1-3-8-20-16(21)10(2)23-17(22)15-7-6-14(24-15)12-9-11(18)4-5-13(12)19/h3-7,9-10H,1,8H2,2H3,(H,20,21)/t10-/m1/s1. The van der Waals surface area contributed by atoms with Gasteiger partial charge in [-0.3, -0.25) is 4.79 Å². The van der Waals surface area contributed by atoms with E-state index in [9.17, 15) is 9.59 Å². The van der Waals surface area contributed by atoms with Crippen LogP contribution in [0.1, 0.15) is 17.5 Å². The van der Waals surface area contributed by atoms with Gasteiger partial charge in [0.1, 0.15) is 5.76 Å². The molecule has 0 saturated heterocycles. The van der Waals surface area contributed by atoms with Crippen LogP contribution in [0.25, 0.3) is 11.3 Å². The van der Waals surface area contributed by atoms with Gasteiger partial charge in [-0.05, 0) is 37.3 Å². The maximum absolute atomic E-state index is 12.1. The number of carbonyl (C=O) groups excluding carboxylic acids is 2. The lowest BCUT2D eigenvalue weighted by molar-refractivity contribution is -0.128. The Balaban J connectivity index is 2.10. The van der Waals surface area contributed by atoms with Gasteiger partial charge in [0, 0.05) is 17.1 Å². The van der Waals surface area contributed by atoms with Crippen molar-refractivity contribution in [3.63, 3.8) is 0 Å². The minimum Gasteiger partial charge on any atom is -0.449 e. The first kappa shape index (κ1) is 18.1. The van der Waals surface area contributed by atoms with Gasteiger partial charge in [-0.15, -0.1) is 6.58 Å². The summed E-state index contributed by atoms with van der Waals surface area (Å²) in [5, 5.41) is 3.46. The van der Waals surface area contributed by atoms with E-state index in [0.29, 0.717) is 27.9 Å². The van der Waals surface area contributed by atoms with Gasteiger partial charge < -0.3 is 14.5 Å². The summed E-state index contributed by atoms with van der Waals surface area (Å²) < 4.78 is 10.5. The Hall–Kier alpha value is -2.24. The van der Waals surface area contributed by atoms with Gasteiger partial charge >= 0.3 is 5.97 Å². The normalized spacial score (nSPS) is 11.6. The number of hydrogen-bond donors (Lipinski definition) is 1. The number of halogens is 2. The smallest absolute Gasteiger partial charge is 0.375 e. The largest absolute Gasteiger partial charge is 0.449 e. The predicted molar refractivity (Wildman–Crippen MR) is 92.2 cm³/mol. The Bertz CT molecular complexity index is 770. The maximum Gasteiger partial charge on any atom is 0.375 e. The first-order valence-corrected chi connectivity index (χ1v) is 7.83. The Morgan fingerprint density at radius 3 is 2.79 bits per heavy atom. The SMILES string of the molecule is C=CCNC(=O)[C@@H](C)OC(=O)c1ccc(-c2cc(Cl)ccc2Cl)o1. The molecule has 1 atom stereocenters. The molecule has 0 radical (unpaired) electrons. The quantitative estimate of drug-likeness (QED) is 0.616. The highest BCUT2D eigenvalue weighted by Crippen LogP contribution is 2.31. The molecule has 0 aliphatic carbocycles. The van der Waals surface area contributed by atoms with Crippen molar-refractivity contribution in [2.75, 3.05) is 6.54 Å². The van der Waals surface area contributed by atoms with E-state index in [2.05, 4.69) is 11.9 Å². The van der Waals surface area contributed by atoms with Crippen LogP contribution in [-0.2, 0) is 9.53 Å². The van der Waals surface area contributed by atoms with Gasteiger partial charge in [0.25, 0.3) is 5.91 Å². The molecule has 2 rings (SSSR count). The lowest BCUT2D eigenvalue weighted by Gasteiger charge is -2.11. The zero-order valence-corrected chi connectivity index (χ0v) is 14.4. The molecule has 0 unspecified atom stereocenters. The molecule has 0 saturated carbocycles. The molecule has 1 heterocycles. The van der Waals surface area contributed by atoms with Crippen LogP contribution in [0.15, 0.2) is 47.4 Å². The second-order valence-corrected chi connectivity index (χ2v) is 5.71. The van der Waals surface area contributed by atoms with Crippen molar-refractivity contribution in [1.82, 2.24) is 5.32 Å². The van der Waals surface area contributed by atoms with Crippen LogP contribution in [0.3, 0.4) is 0 Å². The number of amides is 1. The lowest BCUT2D eigenvalue weighted by Crippen LogP contribution is -2.35. The number of carbonyl (C=O) groups is 2. The first-order valence-electron chi connectivity index (χ1n) is 7.07. The monoisotopic (exact) mass is 367 g/mol. The molecule has 0 spiro atoms. The molecule has 2 aromatic rings. The Labute approximate surface area is 149 Å². The fourth-order valence-corrected chi connectivity index (χ4v) is 2.25. The average molecular weight is 368 g/mol. The molecule has 0 bridgehead atoms. The number of hydrogen-bond acceptors (Lipinski definition) is 4. The maximum atomic E-state index is 12.1. The number of esters is 1. The molecular formula is C17H15Cl2NO4. The molecule has 0 fully saturated rings. The summed E-state index contributed by atoms with van der Waals surface area (Å²) in [7, 11) is 0. The summed E-state index contributed by atoms with van der Waals surface area (Å²) in [6.45, 7) is 5.24. The van der Waals surface area contributed by atoms with Crippen LogP contribution in [-0.4, -0.2) is 24.5 Å². The third kappa shape index (κ3) is 4.40. The minimum absolute atomic E-state index is 0.0376. The lowest BCUT2D eigenvalue weighted by atomic mass is 10.2. The number of furan rings is 1. The molecule has 126 valence electrons. The van der Waals surface area contributed by atoms with Crippen LogP contribution < -0.4 is 5.32 Å². The molecule has 24 heavy (non-hydrogen) atoms. The highest BCUT2D eigenvalue weighted by molar-refractivity contribution is 6.35. The van der Waals surface area contributed by atoms with E-state index in [1.165, 1.54) is 19.1 Å². The van der Waals surface area contributed by atoms with Crippen molar-refractivity contribution in [3.8, 4) is 11.3 Å². The number of benzene rings is 1. The van der Waals surface area contributed by atoms with Gasteiger partial charge in [-0.2, -0.15) is 0 Å². The van der Waals surface area contributed by atoms with E-state index in [0.717, 1.165) is 0 Å². The highest BCUT2D eigenvalue weighted by atomic mass is 35.5. The zero-order chi connectivity index (χ0) is 17.7. The molecule has 0 aliphatic rings. The second-order valence-electron chi connectivity index (χ2n) is 4.87. The van der Waals surface area contributed by atoms with E-state index in [1.54, 1.807) is 24.3 Å². The van der Waals surface area contributed by atoms with Gasteiger partial charge in [0.15, 0.2) is 6.10 Å². The molecule has 5 nitrogen and oxygen atoms in total. The summed E-state index contributed by atoms with van der Waals surface area (Å²) in [6.07, 6.45) is 0.570. The summed E-state index contributed by atoms with van der Waals surface area (Å²) in [5.74, 6) is -0.837. The number of rotatable bonds is 6. The molecule has 1 amide bonds. The van der Waals surface area contributed by atoms with Crippen LogP contribution in [0.5, 0.6) is 0 Å². The zero-order valence-electron chi connectivity index (χ0n) is 12.8. The highest BCUT2D eigenvalue weighted by Gasteiger charge is 2.21. The van der Waals surface area contributed by atoms with Crippen LogP contribution >= 0.6 is 23.2 Å². The van der Waals surface area contributed by atoms with Gasteiger partial charge in [-0.25, -0.2) is 4.79 Å². The molecule has 1 aromatic carbocycles. The van der Waals surface area contributed by atoms with Crippen molar-refractivity contribution in [3.05, 3.63) is 58.8 Å². The number of ether oxygens (including phenoxy) is 1. The van der Waals surface area contributed by atoms with Gasteiger partial charge in [-0.1, -0.05) is 29.3 Å². The molecular weight excluding hydrogens is 353 g/mol.